The molecule has 0 aliphatic carbocycles. The molecular formula is C22H28N2O4S. The minimum Gasteiger partial charge on any atom is -0.396 e. The van der Waals surface area contributed by atoms with Crippen molar-refractivity contribution in [1.82, 2.24) is 9.62 Å². The fourth-order valence-corrected chi connectivity index (χ4v) is 5.41. The van der Waals surface area contributed by atoms with E-state index < -0.39 is 10.0 Å². The standard InChI is InChI=1S/C22H28N2O4S/c1-17-10-11-19(16-21(17)29(27,28)24-13-6-3-7-14-24)22(26)23-20(12-15-25)18-8-4-2-5-9-18/h2,4-5,8-11,16,20,25H,3,6-7,12-15H2,1H3,(H,23,26). The Kier molecular flexibility index (Phi) is 7.05. The number of benzene rings is 2. The Balaban J connectivity index is 1.85. The van der Waals surface area contributed by atoms with Crippen LogP contribution in [0.2, 0.25) is 0 Å². The highest BCUT2D eigenvalue weighted by atomic mass is 32.2. The van der Waals surface area contributed by atoms with E-state index >= 15 is 0 Å². The maximum Gasteiger partial charge on any atom is 0.251 e. The lowest BCUT2D eigenvalue weighted by Crippen LogP contribution is -2.36. The molecule has 1 aliphatic heterocycles. The van der Waals surface area contributed by atoms with Crippen LogP contribution in [0.3, 0.4) is 0 Å². The number of sulfonamides is 1. The third kappa shape index (κ3) is 5.04. The highest BCUT2D eigenvalue weighted by molar-refractivity contribution is 7.89. The number of nitrogens with one attached hydrogen (secondary N) is 1. The van der Waals surface area contributed by atoms with E-state index in [9.17, 15) is 18.3 Å². The third-order valence-electron chi connectivity index (χ3n) is 5.31. The van der Waals surface area contributed by atoms with Crippen molar-refractivity contribution in [3.05, 3.63) is 65.2 Å². The lowest BCUT2D eigenvalue weighted by molar-refractivity contribution is 0.0929. The van der Waals surface area contributed by atoms with Gasteiger partial charge in [0.05, 0.1) is 10.9 Å². The molecule has 1 aliphatic rings. The number of piperidine rings is 1. The molecule has 1 heterocycles. The lowest BCUT2D eigenvalue weighted by Gasteiger charge is -2.26. The number of nitrogens with zero attached hydrogens (tertiary/aromatic N) is 1. The summed E-state index contributed by atoms with van der Waals surface area (Å²) in [5, 5.41) is 12.3. The number of carbonyl (C=O) groups excluding carboxylic acids is 1. The van der Waals surface area contributed by atoms with Gasteiger partial charge in [0.1, 0.15) is 0 Å². The van der Waals surface area contributed by atoms with Gasteiger partial charge in [-0.15, -0.1) is 0 Å². The molecule has 6 nitrogen and oxygen atoms in total. The second-order valence-corrected chi connectivity index (χ2v) is 9.30. The van der Waals surface area contributed by atoms with Crippen LogP contribution in [0, 0.1) is 6.92 Å². The van der Waals surface area contributed by atoms with Crippen molar-refractivity contribution in [2.24, 2.45) is 0 Å². The summed E-state index contributed by atoms with van der Waals surface area (Å²) in [7, 11) is -3.63. The molecule has 0 aromatic heterocycles. The summed E-state index contributed by atoms with van der Waals surface area (Å²) in [5.74, 6) is -0.359. The van der Waals surface area contributed by atoms with Gasteiger partial charge in [0.25, 0.3) is 5.91 Å². The molecule has 7 heteroatoms. The highest BCUT2D eigenvalue weighted by Gasteiger charge is 2.28. The molecule has 1 amide bonds. The Bertz CT molecular complexity index is 939. The summed E-state index contributed by atoms with van der Waals surface area (Å²) in [6.07, 6.45) is 3.14. The highest BCUT2D eigenvalue weighted by Crippen LogP contribution is 2.25. The van der Waals surface area contributed by atoms with E-state index in [4.69, 9.17) is 0 Å². The van der Waals surface area contributed by atoms with Gasteiger partial charge in [0.2, 0.25) is 10.0 Å². The molecular weight excluding hydrogens is 388 g/mol. The van der Waals surface area contributed by atoms with Gasteiger partial charge in [-0.3, -0.25) is 4.79 Å². The van der Waals surface area contributed by atoms with Crippen molar-refractivity contribution in [3.63, 3.8) is 0 Å². The maximum absolute atomic E-state index is 13.1. The first-order valence-electron chi connectivity index (χ1n) is 10.0. The van der Waals surface area contributed by atoms with Gasteiger partial charge in [-0.25, -0.2) is 8.42 Å². The summed E-state index contributed by atoms with van der Waals surface area (Å²) < 4.78 is 27.7. The van der Waals surface area contributed by atoms with Crippen molar-refractivity contribution in [2.45, 2.75) is 43.5 Å². The van der Waals surface area contributed by atoms with Gasteiger partial charge < -0.3 is 10.4 Å². The monoisotopic (exact) mass is 416 g/mol. The van der Waals surface area contributed by atoms with E-state index in [-0.39, 0.29) is 23.5 Å². The summed E-state index contributed by atoms with van der Waals surface area (Å²) in [5.41, 5.74) is 1.82. The zero-order valence-corrected chi connectivity index (χ0v) is 17.5. The van der Waals surface area contributed by atoms with Gasteiger partial charge in [-0.2, -0.15) is 4.31 Å². The topological polar surface area (TPSA) is 86.7 Å². The summed E-state index contributed by atoms with van der Waals surface area (Å²) >= 11 is 0. The minimum atomic E-state index is -3.63. The van der Waals surface area contributed by atoms with E-state index in [1.165, 1.54) is 10.4 Å². The molecule has 2 N–H and O–H groups in total. The fourth-order valence-electron chi connectivity index (χ4n) is 3.64. The van der Waals surface area contributed by atoms with Crippen LogP contribution < -0.4 is 5.32 Å². The fraction of sp³-hybridized carbons (Fsp3) is 0.409. The van der Waals surface area contributed by atoms with Crippen molar-refractivity contribution >= 4 is 15.9 Å². The molecule has 1 saturated heterocycles. The van der Waals surface area contributed by atoms with Crippen LogP contribution >= 0.6 is 0 Å². The molecule has 2 aromatic rings. The second kappa shape index (κ2) is 9.52. The molecule has 0 radical (unpaired) electrons. The van der Waals surface area contributed by atoms with Crippen molar-refractivity contribution in [3.8, 4) is 0 Å². The Labute approximate surface area is 172 Å². The number of hydrogen-bond acceptors (Lipinski definition) is 4. The number of aliphatic hydroxyl groups excluding tert-OH is 1. The van der Waals surface area contributed by atoms with Gasteiger partial charge >= 0.3 is 0 Å². The van der Waals surface area contributed by atoms with Gasteiger partial charge in [0, 0.05) is 25.3 Å². The van der Waals surface area contributed by atoms with Crippen LogP contribution in [0.15, 0.2) is 53.4 Å². The molecule has 0 spiro atoms. The van der Waals surface area contributed by atoms with Gasteiger partial charge in [-0.05, 0) is 49.4 Å². The summed E-state index contributed by atoms with van der Waals surface area (Å²) in [6, 6.07) is 13.9. The predicted octanol–water partition coefficient (Wildman–Crippen LogP) is 3.02. The van der Waals surface area contributed by atoms with E-state index in [1.807, 2.05) is 30.3 Å². The largest absolute Gasteiger partial charge is 0.396 e. The number of aryl methyl sites for hydroxylation is 1. The van der Waals surface area contributed by atoms with E-state index in [0.29, 0.717) is 30.6 Å². The smallest absolute Gasteiger partial charge is 0.251 e. The van der Waals surface area contributed by atoms with Crippen molar-refractivity contribution < 1.29 is 18.3 Å². The molecule has 1 fully saturated rings. The number of aliphatic hydroxyl groups is 1. The minimum absolute atomic E-state index is 0.0671. The van der Waals surface area contributed by atoms with E-state index in [0.717, 1.165) is 24.8 Å². The maximum atomic E-state index is 13.1. The Morgan fingerprint density at radius 2 is 1.79 bits per heavy atom. The Morgan fingerprint density at radius 1 is 1.10 bits per heavy atom. The number of rotatable bonds is 7. The second-order valence-electron chi connectivity index (χ2n) is 7.39. The average Bonchev–Trinajstić information content (AvgIpc) is 2.74. The van der Waals surface area contributed by atoms with Crippen LogP contribution in [-0.2, 0) is 10.0 Å². The molecule has 1 atom stereocenters. The van der Waals surface area contributed by atoms with Crippen LogP contribution in [0.4, 0.5) is 0 Å². The zero-order valence-electron chi connectivity index (χ0n) is 16.7. The van der Waals surface area contributed by atoms with Crippen LogP contribution in [0.5, 0.6) is 0 Å². The van der Waals surface area contributed by atoms with Crippen LogP contribution in [-0.4, -0.2) is 43.4 Å². The normalized spacial score (nSPS) is 16.3. The number of carbonyl (C=O) groups is 1. The zero-order chi connectivity index (χ0) is 20.9. The van der Waals surface area contributed by atoms with E-state index in [1.54, 1.807) is 19.1 Å². The van der Waals surface area contributed by atoms with Crippen molar-refractivity contribution in [1.29, 1.82) is 0 Å². The van der Waals surface area contributed by atoms with Crippen LogP contribution in [0.1, 0.15) is 53.2 Å². The lowest BCUT2D eigenvalue weighted by atomic mass is 10.0. The first-order chi connectivity index (χ1) is 13.9. The molecule has 156 valence electrons. The number of hydrogen-bond donors (Lipinski definition) is 2. The summed E-state index contributed by atoms with van der Waals surface area (Å²) in [6.45, 7) is 2.72. The molecule has 0 bridgehead atoms. The summed E-state index contributed by atoms with van der Waals surface area (Å²) in [4.78, 5) is 13.1. The Morgan fingerprint density at radius 3 is 2.45 bits per heavy atom. The van der Waals surface area contributed by atoms with E-state index in [2.05, 4.69) is 5.32 Å². The molecule has 3 rings (SSSR count). The Hall–Kier alpha value is -2.22. The number of amides is 1. The van der Waals surface area contributed by atoms with Gasteiger partial charge in [-0.1, -0.05) is 42.8 Å². The molecule has 29 heavy (non-hydrogen) atoms. The molecule has 0 saturated carbocycles. The first kappa shape index (κ1) is 21.5. The SMILES string of the molecule is Cc1ccc(C(=O)NC(CCO)c2ccccc2)cc1S(=O)(=O)N1CCCCC1. The van der Waals surface area contributed by atoms with Crippen molar-refractivity contribution in [2.75, 3.05) is 19.7 Å². The first-order valence-corrected chi connectivity index (χ1v) is 11.4. The quantitative estimate of drug-likeness (QED) is 0.726. The molecule has 2 aromatic carbocycles. The van der Waals surface area contributed by atoms with Gasteiger partial charge in [0.15, 0.2) is 0 Å². The third-order valence-corrected chi connectivity index (χ3v) is 7.35. The molecule has 1 unspecified atom stereocenters. The predicted molar refractivity (Wildman–Crippen MR) is 112 cm³/mol. The van der Waals surface area contributed by atoms with Crippen LogP contribution in [0.25, 0.3) is 0 Å². The average molecular weight is 417 g/mol.